The Morgan fingerprint density at radius 1 is 1.17 bits per heavy atom. The topological polar surface area (TPSA) is 103 Å². The minimum Gasteiger partial charge on any atom is -0.465 e. The van der Waals surface area contributed by atoms with Crippen molar-refractivity contribution >= 4 is 46.2 Å². The van der Waals surface area contributed by atoms with Gasteiger partial charge in [0, 0.05) is 17.8 Å². The summed E-state index contributed by atoms with van der Waals surface area (Å²) >= 11 is 1.04. The van der Waals surface area contributed by atoms with Crippen molar-refractivity contribution in [3.05, 3.63) is 72.3 Å². The Morgan fingerprint density at radius 2 is 1.97 bits per heavy atom. The number of hydrogen-bond acceptors (Lipinski definition) is 8. The molecule has 0 saturated carbocycles. The van der Waals surface area contributed by atoms with Crippen LogP contribution in [0.3, 0.4) is 0 Å². The highest BCUT2D eigenvalue weighted by Gasteiger charge is 2.32. The van der Waals surface area contributed by atoms with Gasteiger partial charge in [-0.1, -0.05) is 11.8 Å². The van der Waals surface area contributed by atoms with E-state index in [0.717, 1.165) is 11.8 Å². The maximum Gasteiger partial charge on any atom is 0.387 e. The standard InChI is InChI=1S/C24H17F2N3O6S/c25-23(26)35-16-6-4-15(5-7-16)29-22(31)18(11-17-2-1-9-32-17)28-24(29)36-12-21(30)27-14-3-8-19-20(10-14)34-13-33-19/h1-11,23H,12-13H2,(H,27,30)/b18-11+. The Bertz CT molecular complexity index is 1340. The van der Waals surface area contributed by atoms with Crippen LogP contribution >= 0.6 is 11.8 Å². The number of amides is 2. The van der Waals surface area contributed by atoms with Crippen molar-refractivity contribution in [1.29, 1.82) is 0 Å². The number of rotatable bonds is 7. The molecule has 0 saturated heterocycles. The molecule has 0 unspecified atom stereocenters. The number of carbonyl (C=O) groups excluding carboxylic acids is 2. The number of anilines is 2. The van der Waals surface area contributed by atoms with Gasteiger partial charge in [-0.05, 0) is 48.5 Å². The van der Waals surface area contributed by atoms with E-state index in [1.165, 1.54) is 41.5 Å². The Balaban J connectivity index is 1.33. The molecule has 3 aromatic rings. The van der Waals surface area contributed by atoms with Crippen LogP contribution in [0.25, 0.3) is 6.08 Å². The summed E-state index contributed by atoms with van der Waals surface area (Å²) in [5, 5.41) is 3.00. The monoisotopic (exact) mass is 513 g/mol. The van der Waals surface area contributed by atoms with Gasteiger partial charge in [0.25, 0.3) is 5.91 Å². The Labute approximate surface area is 207 Å². The van der Waals surface area contributed by atoms with Gasteiger partial charge < -0.3 is 23.9 Å². The van der Waals surface area contributed by atoms with Crippen LogP contribution in [0.1, 0.15) is 5.76 Å². The van der Waals surface area contributed by atoms with E-state index < -0.39 is 12.5 Å². The van der Waals surface area contributed by atoms with Crippen LogP contribution in [-0.2, 0) is 9.59 Å². The van der Waals surface area contributed by atoms with E-state index >= 15 is 0 Å². The van der Waals surface area contributed by atoms with Crippen molar-refractivity contribution in [1.82, 2.24) is 0 Å². The van der Waals surface area contributed by atoms with Crippen LogP contribution in [-0.4, -0.2) is 36.1 Å². The molecule has 2 aliphatic rings. The summed E-state index contributed by atoms with van der Waals surface area (Å²) < 4.78 is 45.2. The van der Waals surface area contributed by atoms with Crippen LogP contribution in [0, 0.1) is 0 Å². The second-order valence-electron chi connectivity index (χ2n) is 7.36. The molecule has 0 fully saturated rings. The first-order valence-electron chi connectivity index (χ1n) is 10.5. The smallest absolute Gasteiger partial charge is 0.387 e. The Kier molecular flexibility index (Phi) is 6.58. The lowest BCUT2D eigenvalue weighted by Gasteiger charge is -2.18. The number of carbonyl (C=O) groups is 2. The second kappa shape index (κ2) is 10.1. The van der Waals surface area contributed by atoms with Gasteiger partial charge in [-0.2, -0.15) is 8.78 Å². The summed E-state index contributed by atoms with van der Waals surface area (Å²) in [7, 11) is 0. The van der Waals surface area contributed by atoms with E-state index in [4.69, 9.17) is 13.9 Å². The highest BCUT2D eigenvalue weighted by Crippen LogP contribution is 2.35. The van der Waals surface area contributed by atoms with Crippen LogP contribution in [0.4, 0.5) is 20.2 Å². The van der Waals surface area contributed by atoms with Gasteiger partial charge in [0.05, 0.1) is 17.7 Å². The highest BCUT2D eigenvalue weighted by molar-refractivity contribution is 8.14. The molecule has 3 heterocycles. The number of hydrogen-bond donors (Lipinski definition) is 1. The van der Waals surface area contributed by atoms with Gasteiger partial charge >= 0.3 is 6.61 Å². The number of halogens is 2. The van der Waals surface area contributed by atoms with Gasteiger partial charge in [-0.3, -0.25) is 14.5 Å². The normalized spacial score (nSPS) is 15.5. The Hall–Kier alpha value is -4.32. The third-order valence-corrected chi connectivity index (χ3v) is 5.90. The second-order valence-corrected chi connectivity index (χ2v) is 8.30. The largest absolute Gasteiger partial charge is 0.465 e. The van der Waals surface area contributed by atoms with E-state index in [-0.39, 0.29) is 35.1 Å². The molecule has 12 heteroatoms. The zero-order valence-electron chi connectivity index (χ0n) is 18.4. The summed E-state index contributed by atoms with van der Waals surface area (Å²) in [4.78, 5) is 31.4. The number of furan rings is 1. The zero-order chi connectivity index (χ0) is 25.1. The number of benzene rings is 2. The summed E-state index contributed by atoms with van der Waals surface area (Å²) in [5.41, 5.74) is 0.989. The number of fused-ring (bicyclic) bond motifs is 1. The van der Waals surface area contributed by atoms with Crippen LogP contribution in [0.5, 0.6) is 17.2 Å². The van der Waals surface area contributed by atoms with Crippen molar-refractivity contribution in [2.45, 2.75) is 6.61 Å². The van der Waals surface area contributed by atoms with Crippen LogP contribution < -0.4 is 24.4 Å². The van der Waals surface area contributed by atoms with Gasteiger partial charge in [0.15, 0.2) is 16.7 Å². The number of nitrogens with one attached hydrogen (secondary N) is 1. The molecule has 0 aliphatic carbocycles. The number of thioether (sulfide) groups is 1. The zero-order valence-corrected chi connectivity index (χ0v) is 19.2. The fourth-order valence-corrected chi connectivity index (χ4v) is 4.22. The molecule has 0 atom stereocenters. The lowest BCUT2D eigenvalue weighted by Crippen LogP contribution is -2.31. The SMILES string of the molecule is O=C(CSC1=N/C(=C/c2ccco2)C(=O)N1c1ccc(OC(F)F)cc1)Nc1ccc2c(c1)OCO2. The van der Waals surface area contributed by atoms with E-state index in [1.54, 1.807) is 30.3 Å². The van der Waals surface area contributed by atoms with Crippen molar-refractivity contribution < 1.29 is 37.0 Å². The number of ether oxygens (including phenoxy) is 3. The van der Waals surface area contributed by atoms with E-state index in [2.05, 4.69) is 15.0 Å². The molecular weight excluding hydrogens is 496 g/mol. The molecular formula is C24H17F2N3O6S. The number of aliphatic imine (C=N–C) groups is 1. The van der Waals surface area contributed by atoms with Gasteiger partial charge in [0.2, 0.25) is 12.7 Å². The lowest BCUT2D eigenvalue weighted by molar-refractivity contribution is -0.114. The minimum atomic E-state index is -2.97. The molecule has 2 amide bonds. The summed E-state index contributed by atoms with van der Waals surface area (Å²) in [5.74, 6) is 0.640. The van der Waals surface area contributed by atoms with E-state index in [1.807, 2.05) is 0 Å². The summed E-state index contributed by atoms with van der Waals surface area (Å²) in [6, 6.07) is 13.9. The quantitative estimate of drug-likeness (QED) is 0.456. The van der Waals surface area contributed by atoms with Crippen molar-refractivity contribution in [2.75, 3.05) is 22.8 Å². The molecule has 2 aromatic carbocycles. The molecule has 9 nitrogen and oxygen atoms in total. The predicted molar refractivity (Wildman–Crippen MR) is 128 cm³/mol. The molecule has 184 valence electrons. The number of nitrogens with zero attached hydrogens (tertiary/aromatic N) is 2. The maximum atomic E-state index is 13.2. The van der Waals surface area contributed by atoms with E-state index in [0.29, 0.717) is 28.6 Å². The van der Waals surface area contributed by atoms with Crippen LogP contribution in [0.15, 0.2) is 76.0 Å². The van der Waals surface area contributed by atoms with Crippen LogP contribution in [0.2, 0.25) is 0 Å². The first-order chi connectivity index (χ1) is 17.5. The van der Waals surface area contributed by atoms with E-state index in [9.17, 15) is 18.4 Å². The molecule has 0 radical (unpaired) electrons. The number of amidine groups is 1. The molecule has 1 aromatic heterocycles. The first kappa shape index (κ1) is 23.4. The summed E-state index contributed by atoms with van der Waals surface area (Å²) in [6.45, 7) is -2.85. The third-order valence-electron chi connectivity index (χ3n) is 4.96. The van der Waals surface area contributed by atoms with Gasteiger partial charge in [-0.15, -0.1) is 0 Å². The minimum absolute atomic E-state index is 0.0546. The van der Waals surface area contributed by atoms with Crippen molar-refractivity contribution in [3.63, 3.8) is 0 Å². The molecule has 2 aliphatic heterocycles. The van der Waals surface area contributed by atoms with Crippen molar-refractivity contribution in [2.24, 2.45) is 4.99 Å². The lowest BCUT2D eigenvalue weighted by atomic mass is 10.2. The molecule has 5 rings (SSSR count). The first-order valence-corrected chi connectivity index (χ1v) is 11.5. The molecule has 1 N–H and O–H groups in total. The third kappa shape index (κ3) is 5.18. The fourth-order valence-electron chi connectivity index (χ4n) is 3.41. The number of alkyl halides is 2. The Morgan fingerprint density at radius 3 is 2.72 bits per heavy atom. The van der Waals surface area contributed by atoms with Gasteiger partial charge in [-0.25, -0.2) is 4.99 Å². The summed E-state index contributed by atoms with van der Waals surface area (Å²) in [6.07, 6.45) is 2.94. The average Bonchev–Trinajstić information content (AvgIpc) is 3.59. The average molecular weight is 513 g/mol. The maximum absolute atomic E-state index is 13.2. The van der Waals surface area contributed by atoms with Gasteiger partial charge in [0.1, 0.15) is 17.2 Å². The van der Waals surface area contributed by atoms with Crippen molar-refractivity contribution in [3.8, 4) is 17.2 Å². The predicted octanol–water partition coefficient (Wildman–Crippen LogP) is 4.73. The molecule has 0 bridgehead atoms. The molecule has 36 heavy (non-hydrogen) atoms. The molecule has 0 spiro atoms. The fraction of sp³-hybridized carbons (Fsp3) is 0.125. The highest BCUT2D eigenvalue weighted by atomic mass is 32.2.